The van der Waals surface area contributed by atoms with E-state index in [1.54, 1.807) is 0 Å². The standard InChI is InChI=1S/C37H60N8O10S3/c1-39-21-3-2-4-22(16-21)40-43-33-13-14-34(30-19-25(58(51,52)53)8-10-27(30)33)44-45-36-35(56-55-54-47)15-20-5-6-23(17-28(20)37(36)46)41-42-32-12-11-31(38)29-18-24(57(48,49)50)7-9-26(29)32/h20-37,46-47H,2-19,38H2,(H,48,49,50)(H,51,52,53). The van der Waals surface area contributed by atoms with E-state index in [0.29, 0.717) is 70.6 Å². The van der Waals surface area contributed by atoms with E-state index in [-0.39, 0.29) is 89.5 Å². The zero-order chi connectivity index (χ0) is 41.2. The van der Waals surface area contributed by atoms with Crippen LogP contribution in [0.1, 0.15) is 116 Å². The van der Waals surface area contributed by atoms with Crippen LogP contribution < -0.4 is 5.73 Å². The summed E-state index contributed by atoms with van der Waals surface area (Å²) in [6.07, 6.45) is 10.5. The molecule has 0 aromatic rings. The van der Waals surface area contributed by atoms with Gasteiger partial charge < -0.3 is 15.7 Å². The molecule has 18 nitrogen and oxygen atoms in total. The predicted octanol–water partition coefficient (Wildman–Crippen LogP) is 6.30. The van der Waals surface area contributed by atoms with Gasteiger partial charge in [0.1, 0.15) is 6.04 Å². The molecular weight excluding hydrogens is 813 g/mol. The summed E-state index contributed by atoms with van der Waals surface area (Å²) < 4.78 is 73.2. The molecule has 0 aromatic carbocycles. The zero-order valence-corrected chi connectivity index (χ0v) is 35.2. The molecule has 0 amide bonds. The molecule has 7 saturated carbocycles. The summed E-state index contributed by atoms with van der Waals surface area (Å²) in [5.74, 6) is -0.206. The van der Waals surface area contributed by atoms with Gasteiger partial charge in [0.15, 0.2) is 0 Å². The number of aliphatic hydroxyl groups is 1. The molecule has 0 radical (unpaired) electrons. The van der Waals surface area contributed by atoms with Crippen molar-refractivity contribution in [3.63, 3.8) is 0 Å². The smallest absolute Gasteiger partial charge is 0.267 e. The van der Waals surface area contributed by atoms with Crippen LogP contribution in [0.25, 0.3) is 4.85 Å². The van der Waals surface area contributed by atoms with Crippen molar-refractivity contribution >= 4 is 32.3 Å². The highest BCUT2D eigenvalue weighted by atomic mass is 32.2. The molecule has 0 aliphatic heterocycles. The first-order chi connectivity index (χ1) is 27.7. The van der Waals surface area contributed by atoms with Crippen LogP contribution in [0.5, 0.6) is 0 Å². The average molecular weight is 873 g/mol. The molecule has 7 aliphatic rings. The fourth-order valence-corrected chi connectivity index (χ4v) is 14.6. The van der Waals surface area contributed by atoms with E-state index >= 15 is 0 Å². The first-order valence-electron chi connectivity index (χ1n) is 21.3. The van der Waals surface area contributed by atoms with Gasteiger partial charge in [-0.15, -0.1) is 4.33 Å². The highest BCUT2D eigenvalue weighted by Gasteiger charge is 2.50. The Morgan fingerprint density at radius 2 is 1.21 bits per heavy atom. The highest BCUT2D eigenvalue weighted by Crippen LogP contribution is 2.49. The van der Waals surface area contributed by atoms with Gasteiger partial charge in [-0.2, -0.15) is 47.5 Å². The highest BCUT2D eigenvalue weighted by molar-refractivity contribution is 7.95. The predicted molar refractivity (Wildman–Crippen MR) is 213 cm³/mol. The molecule has 7 aliphatic carbocycles. The average Bonchev–Trinajstić information content (AvgIpc) is 3.21. The molecule has 7 rings (SSSR count). The van der Waals surface area contributed by atoms with Crippen LogP contribution in [0.2, 0.25) is 0 Å². The van der Waals surface area contributed by atoms with Gasteiger partial charge >= 0.3 is 0 Å². The lowest BCUT2D eigenvalue weighted by molar-refractivity contribution is -0.432. The third-order valence-electron chi connectivity index (χ3n) is 15.1. The molecule has 58 heavy (non-hydrogen) atoms. The van der Waals surface area contributed by atoms with Crippen molar-refractivity contribution in [1.82, 2.24) is 0 Å². The Hall–Kier alpha value is -1.74. The Balaban J connectivity index is 1.04. The van der Waals surface area contributed by atoms with E-state index in [0.717, 1.165) is 50.6 Å². The first-order valence-corrected chi connectivity index (χ1v) is 25.1. The molecule has 0 aromatic heterocycles. The number of nitrogens with two attached hydrogens (primary N) is 1. The molecule has 0 bridgehead atoms. The Bertz CT molecular complexity index is 1770. The SMILES string of the molecule is [C-]#[N+]C1CCCC(N=NC2CCC(N=NC3C(SOOO)CC4CCC(N=NC5CCC(N)C6CC(S(=O)(=O)O)CCC56)CC4C3O)C3CC(S(=O)(=O)O)CCC23)C1. The third-order valence-corrected chi connectivity index (χ3v) is 18.5. The normalized spacial score (nSPS) is 45.4. The Labute approximate surface area is 345 Å². The molecule has 6 N–H and O–H groups in total. The summed E-state index contributed by atoms with van der Waals surface area (Å²) in [6, 6.07) is -1.57. The summed E-state index contributed by atoms with van der Waals surface area (Å²) in [5.41, 5.74) is 6.44. The summed E-state index contributed by atoms with van der Waals surface area (Å²) in [7, 11) is -8.40. The topological polar surface area (TPSA) is 272 Å². The monoisotopic (exact) mass is 872 g/mol. The Kier molecular flexibility index (Phi) is 14.6. The van der Waals surface area contributed by atoms with E-state index in [4.69, 9.17) is 52.6 Å². The van der Waals surface area contributed by atoms with E-state index in [2.05, 4.69) is 9.88 Å². The number of aliphatic hydroxyl groups excluding tert-OH is 1. The maximum Gasteiger partial charge on any atom is 0.267 e. The molecule has 7 fully saturated rings. The lowest BCUT2D eigenvalue weighted by Gasteiger charge is -2.46. The molecule has 0 spiro atoms. The number of nitrogens with zero attached hydrogens (tertiary/aromatic N) is 7. The number of rotatable bonds is 11. The van der Waals surface area contributed by atoms with Crippen LogP contribution in [-0.4, -0.2) is 106 Å². The minimum atomic E-state index is -4.27. The van der Waals surface area contributed by atoms with E-state index in [9.17, 15) is 31.0 Å². The van der Waals surface area contributed by atoms with Crippen LogP contribution in [0.4, 0.5) is 0 Å². The summed E-state index contributed by atoms with van der Waals surface area (Å²) >= 11 is 0.893. The summed E-state index contributed by atoms with van der Waals surface area (Å²) in [5, 5.41) is 51.7. The molecule has 18 unspecified atom stereocenters. The van der Waals surface area contributed by atoms with E-state index < -0.39 is 42.9 Å². The lowest BCUT2D eigenvalue weighted by Crippen LogP contribution is -2.51. The van der Waals surface area contributed by atoms with Crippen LogP contribution in [0, 0.1) is 42.1 Å². The van der Waals surface area contributed by atoms with Crippen molar-refractivity contribution < 1.29 is 45.7 Å². The van der Waals surface area contributed by atoms with Gasteiger partial charge in [-0.25, -0.2) is 11.8 Å². The van der Waals surface area contributed by atoms with Gasteiger partial charge in [-0.3, -0.25) is 9.11 Å². The lowest BCUT2D eigenvalue weighted by atomic mass is 9.66. The molecule has 0 saturated heterocycles. The van der Waals surface area contributed by atoms with Crippen molar-refractivity contribution in [2.45, 2.75) is 186 Å². The minimum Gasteiger partial charge on any atom is -0.390 e. The van der Waals surface area contributed by atoms with Gasteiger partial charge in [0.25, 0.3) is 20.2 Å². The van der Waals surface area contributed by atoms with E-state index in [1.807, 2.05) is 0 Å². The Morgan fingerprint density at radius 1 is 0.621 bits per heavy atom. The van der Waals surface area contributed by atoms with Gasteiger partial charge in [-0.1, -0.05) is 5.04 Å². The van der Waals surface area contributed by atoms with Gasteiger partial charge in [-0.05, 0) is 138 Å². The second kappa shape index (κ2) is 19.1. The quantitative estimate of drug-likeness (QED) is 0.0382. The molecule has 0 heterocycles. The maximum absolute atomic E-state index is 12.4. The summed E-state index contributed by atoms with van der Waals surface area (Å²) in [6.45, 7) is 7.45. The fraction of sp³-hybridized carbons (Fsp3) is 0.973. The van der Waals surface area contributed by atoms with Gasteiger partial charge in [0, 0.05) is 30.9 Å². The number of fused-ring (bicyclic) bond motifs is 3. The second-order valence-corrected chi connectivity index (χ2v) is 22.6. The zero-order valence-electron chi connectivity index (χ0n) is 32.8. The molecule has 21 heteroatoms. The van der Waals surface area contributed by atoms with Crippen LogP contribution in [0.15, 0.2) is 30.7 Å². The van der Waals surface area contributed by atoms with Crippen molar-refractivity contribution in [2.24, 2.45) is 71.9 Å². The van der Waals surface area contributed by atoms with Crippen molar-refractivity contribution in [3.05, 3.63) is 11.4 Å². The first kappa shape index (κ1) is 44.3. The maximum atomic E-state index is 12.4. The largest absolute Gasteiger partial charge is 0.390 e. The van der Waals surface area contributed by atoms with E-state index in [1.165, 1.54) is 0 Å². The molecular formula is C37H60N8O10S3. The molecule has 18 atom stereocenters. The van der Waals surface area contributed by atoms with Crippen molar-refractivity contribution in [2.75, 3.05) is 0 Å². The second-order valence-electron chi connectivity index (χ2n) is 18.3. The van der Waals surface area contributed by atoms with Gasteiger partial charge in [0.2, 0.25) is 6.04 Å². The van der Waals surface area contributed by atoms with Crippen molar-refractivity contribution in [3.8, 4) is 0 Å². The van der Waals surface area contributed by atoms with Gasteiger partial charge in [0.05, 0.1) is 52.1 Å². The van der Waals surface area contributed by atoms with Crippen LogP contribution in [-0.2, 0) is 29.6 Å². The number of hydrogen-bond acceptors (Lipinski definition) is 16. The number of hydrogen-bond donors (Lipinski definition) is 5. The Morgan fingerprint density at radius 3 is 1.84 bits per heavy atom. The number of azo groups is 3. The third kappa shape index (κ3) is 10.3. The summed E-state index contributed by atoms with van der Waals surface area (Å²) in [4.78, 5) is 3.72. The van der Waals surface area contributed by atoms with Crippen molar-refractivity contribution in [1.29, 1.82) is 0 Å². The van der Waals surface area contributed by atoms with Crippen LogP contribution >= 0.6 is 12.0 Å². The minimum absolute atomic E-state index is 0.00551. The fourth-order valence-electron chi connectivity index (χ4n) is 12.0. The molecule has 326 valence electrons. The van der Waals surface area contributed by atoms with Crippen LogP contribution in [0.3, 0.4) is 0 Å².